The largest absolute Gasteiger partial charge is 0.490 e. The van der Waals surface area contributed by atoms with E-state index in [9.17, 15) is 0 Å². The van der Waals surface area contributed by atoms with E-state index in [0.29, 0.717) is 13.2 Å². The Bertz CT molecular complexity index is 535. The predicted molar refractivity (Wildman–Crippen MR) is 77.8 cm³/mol. The van der Waals surface area contributed by atoms with Crippen molar-refractivity contribution in [1.29, 1.82) is 0 Å². The molecule has 0 aliphatic rings. The highest BCUT2D eigenvalue weighted by Crippen LogP contribution is 2.19. The summed E-state index contributed by atoms with van der Waals surface area (Å²) in [4.78, 5) is 0. The first kappa shape index (κ1) is 13.3. The molecular formula is C16H19NO2. The molecule has 0 aliphatic heterocycles. The Morgan fingerprint density at radius 3 is 2.32 bits per heavy atom. The second-order valence-corrected chi connectivity index (χ2v) is 4.53. The zero-order valence-corrected chi connectivity index (χ0v) is 11.3. The van der Waals surface area contributed by atoms with Crippen molar-refractivity contribution in [2.24, 2.45) is 0 Å². The first-order valence-corrected chi connectivity index (χ1v) is 6.33. The summed E-state index contributed by atoms with van der Waals surface area (Å²) in [5, 5.41) is 0. The summed E-state index contributed by atoms with van der Waals surface area (Å²) in [6.45, 7) is 5.12. The van der Waals surface area contributed by atoms with Crippen LogP contribution in [0.5, 0.6) is 11.5 Å². The van der Waals surface area contributed by atoms with Crippen LogP contribution in [0, 0.1) is 13.8 Å². The van der Waals surface area contributed by atoms with E-state index in [4.69, 9.17) is 15.2 Å². The van der Waals surface area contributed by atoms with E-state index in [0.717, 1.165) is 22.7 Å². The lowest BCUT2D eigenvalue weighted by Gasteiger charge is -2.11. The third kappa shape index (κ3) is 3.91. The van der Waals surface area contributed by atoms with Gasteiger partial charge in [0.15, 0.2) is 0 Å². The normalized spacial score (nSPS) is 10.2. The topological polar surface area (TPSA) is 44.5 Å². The molecule has 0 amide bonds. The monoisotopic (exact) mass is 257 g/mol. The molecule has 0 radical (unpaired) electrons. The van der Waals surface area contributed by atoms with Crippen LogP contribution in [0.2, 0.25) is 0 Å². The van der Waals surface area contributed by atoms with Crippen LogP contribution >= 0.6 is 0 Å². The van der Waals surface area contributed by atoms with Crippen molar-refractivity contribution < 1.29 is 9.47 Å². The van der Waals surface area contributed by atoms with Crippen LogP contribution in [0.25, 0.3) is 0 Å². The molecule has 0 aliphatic carbocycles. The molecule has 0 fully saturated rings. The molecule has 0 unspecified atom stereocenters. The zero-order valence-electron chi connectivity index (χ0n) is 11.3. The maximum atomic E-state index is 5.71. The third-order valence-electron chi connectivity index (χ3n) is 2.83. The standard InChI is InChI=1S/C16H19NO2/c1-12-3-4-13(2)16(11-12)19-10-9-18-15-7-5-14(17)6-8-15/h3-8,11H,9-10,17H2,1-2H3. The van der Waals surface area contributed by atoms with Gasteiger partial charge < -0.3 is 15.2 Å². The maximum Gasteiger partial charge on any atom is 0.122 e. The summed E-state index contributed by atoms with van der Waals surface area (Å²) in [6, 6.07) is 13.5. The summed E-state index contributed by atoms with van der Waals surface area (Å²) in [7, 11) is 0. The first-order chi connectivity index (χ1) is 9.15. The fraction of sp³-hybridized carbons (Fsp3) is 0.250. The van der Waals surface area contributed by atoms with Gasteiger partial charge in [0.2, 0.25) is 0 Å². The minimum absolute atomic E-state index is 0.511. The molecule has 3 nitrogen and oxygen atoms in total. The molecule has 0 bridgehead atoms. The summed E-state index contributed by atoms with van der Waals surface area (Å²) in [5.41, 5.74) is 8.67. The molecule has 0 saturated carbocycles. The van der Waals surface area contributed by atoms with Gasteiger partial charge in [-0.15, -0.1) is 0 Å². The minimum Gasteiger partial charge on any atom is -0.490 e. The number of rotatable bonds is 5. The highest BCUT2D eigenvalue weighted by Gasteiger charge is 2.00. The summed E-state index contributed by atoms with van der Waals surface area (Å²) in [6.07, 6.45) is 0. The molecule has 19 heavy (non-hydrogen) atoms. The SMILES string of the molecule is Cc1ccc(C)c(OCCOc2ccc(N)cc2)c1. The molecule has 0 saturated heterocycles. The van der Waals surface area contributed by atoms with E-state index in [1.54, 1.807) is 0 Å². The molecule has 0 heterocycles. The first-order valence-electron chi connectivity index (χ1n) is 6.33. The van der Waals surface area contributed by atoms with Gasteiger partial charge >= 0.3 is 0 Å². The van der Waals surface area contributed by atoms with Crippen molar-refractivity contribution in [2.75, 3.05) is 18.9 Å². The summed E-state index contributed by atoms with van der Waals surface area (Å²) < 4.78 is 11.3. The number of benzene rings is 2. The van der Waals surface area contributed by atoms with E-state index in [1.807, 2.05) is 37.3 Å². The van der Waals surface area contributed by atoms with Crippen molar-refractivity contribution in [2.45, 2.75) is 13.8 Å². The number of nitrogens with two attached hydrogens (primary N) is 1. The fourth-order valence-corrected chi connectivity index (χ4v) is 1.74. The highest BCUT2D eigenvalue weighted by atomic mass is 16.5. The molecule has 0 spiro atoms. The van der Waals surface area contributed by atoms with Crippen molar-refractivity contribution in [3.8, 4) is 11.5 Å². The average molecular weight is 257 g/mol. The molecular weight excluding hydrogens is 238 g/mol. The second kappa shape index (κ2) is 6.14. The second-order valence-electron chi connectivity index (χ2n) is 4.53. The fourth-order valence-electron chi connectivity index (χ4n) is 1.74. The minimum atomic E-state index is 0.511. The molecule has 2 aromatic carbocycles. The Morgan fingerprint density at radius 2 is 1.58 bits per heavy atom. The van der Waals surface area contributed by atoms with Gasteiger partial charge in [0.1, 0.15) is 24.7 Å². The third-order valence-corrected chi connectivity index (χ3v) is 2.83. The van der Waals surface area contributed by atoms with Gasteiger partial charge in [0.25, 0.3) is 0 Å². The van der Waals surface area contributed by atoms with E-state index in [1.165, 1.54) is 5.56 Å². The summed E-state index contributed by atoms with van der Waals surface area (Å²) >= 11 is 0. The number of hydrogen-bond acceptors (Lipinski definition) is 3. The van der Waals surface area contributed by atoms with Crippen LogP contribution in [0.1, 0.15) is 11.1 Å². The Balaban J connectivity index is 1.80. The number of ether oxygens (including phenoxy) is 2. The van der Waals surface area contributed by atoms with E-state index >= 15 is 0 Å². The van der Waals surface area contributed by atoms with Crippen LogP contribution < -0.4 is 15.2 Å². The van der Waals surface area contributed by atoms with Crippen molar-refractivity contribution in [1.82, 2.24) is 0 Å². The molecule has 3 heteroatoms. The average Bonchev–Trinajstić information content (AvgIpc) is 2.40. The van der Waals surface area contributed by atoms with Crippen LogP contribution in [0.4, 0.5) is 5.69 Å². The molecule has 0 aromatic heterocycles. The Labute approximate surface area is 114 Å². The van der Waals surface area contributed by atoms with Crippen molar-refractivity contribution in [3.05, 3.63) is 53.6 Å². The van der Waals surface area contributed by atoms with E-state index < -0.39 is 0 Å². The van der Waals surface area contributed by atoms with Crippen molar-refractivity contribution >= 4 is 5.69 Å². The Kier molecular flexibility index (Phi) is 4.29. The zero-order chi connectivity index (χ0) is 13.7. The van der Waals surface area contributed by atoms with Gasteiger partial charge in [0, 0.05) is 5.69 Å². The van der Waals surface area contributed by atoms with Crippen LogP contribution in [0.3, 0.4) is 0 Å². The van der Waals surface area contributed by atoms with E-state index in [2.05, 4.69) is 19.1 Å². The Morgan fingerprint density at radius 1 is 0.895 bits per heavy atom. The summed E-state index contributed by atoms with van der Waals surface area (Å²) in [5.74, 6) is 1.72. The van der Waals surface area contributed by atoms with Gasteiger partial charge in [-0.1, -0.05) is 12.1 Å². The number of aryl methyl sites for hydroxylation is 2. The highest BCUT2D eigenvalue weighted by molar-refractivity contribution is 5.41. The Hall–Kier alpha value is -2.16. The van der Waals surface area contributed by atoms with Gasteiger partial charge in [-0.3, -0.25) is 0 Å². The molecule has 0 atom stereocenters. The lowest BCUT2D eigenvalue weighted by molar-refractivity contribution is 0.216. The van der Waals surface area contributed by atoms with E-state index in [-0.39, 0.29) is 0 Å². The van der Waals surface area contributed by atoms with Crippen LogP contribution in [-0.2, 0) is 0 Å². The number of anilines is 1. The number of nitrogen functional groups attached to an aromatic ring is 1. The smallest absolute Gasteiger partial charge is 0.122 e. The lowest BCUT2D eigenvalue weighted by Crippen LogP contribution is -2.09. The molecule has 100 valence electrons. The molecule has 2 N–H and O–H groups in total. The molecule has 2 rings (SSSR count). The lowest BCUT2D eigenvalue weighted by atomic mass is 10.1. The quantitative estimate of drug-likeness (QED) is 0.660. The van der Waals surface area contributed by atoms with Gasteiger partial charge in [-0.05, 0) is 55.3 Å². The van der Waals surface area contributed by atoms with Crippen LogP contribution in [0.15, 0.2) is 42.5 Å². The maximum absolute atomic E-state index is 5.71. The van der Waals surface area contributed by atoms with Gasteiger partial charge in [-0.2, -0.15) is 0 Å². The van der Waals surface area contributed by atoms with Gasteiger partial charge in [0.05, 0.1) is 0 Å². The number of hydrogen-bond donors (Lipinski definition) is 1. The molecule has 2 aromatic rings. The predicted octanol–water partition coefficient (Wildman–Crippen LogP) is 3.34. The van der Waals surface area contributed by atoms with Crippen molar-refractivity contribution in [3.63, 3.8) is 0 Å². The van der Waals surface area contributed by atoms with Gasteiger partial charge in [-0.25, -0.2) is 0 Å². The van der Waals surface area contributed by atoms with Crippen LogP contribution in [-0.4, -0.2) is 13.2 Å².